The van der Waals surface area contributed by atoms with Gasteiger partial charge in [-0.15, -0.1) is 0 Å². The Balaban J connectivity index is 2.53. The lowest BCUT2D eigenvalue weighted by molar-refractivity contribution is 0.278. The average Bonchev–Trinajstić information content (AvgIpc) is 2.85. The Morgan fingerprint density at radius 2 is 2.20 bits per heavy atom. The minimum Gasteiger partial charge on any atom is -0.330 e. The minimum absolute atomic E-state index is 0.196. The maximum absolute atomic E-state index is 12.1. The molecule has 0 bridgehead atoms. The lowest BCUT2D eigenvalue weighted by atomic mass is 10.3. The molecule has 0 aliphatic carbocycles. The van der Waals surface area contributed by atoms with Crippen LogP contribution in [-0.4, -0.2) is 55.8 Å². The Morgan fingerprint density at radius 1 is 1.50 bits per heavy atom. The number of hydrogen-bond acceptors (Lipinski definition) is 5. The summed E-state index contributed by atoms with van der Waals surface area (Å²) in [6.45, 7) is 6.36. The summed E-state index contributed by atoms with van der Waals surface area (Å²) in [4.78, 5) is 2.27. The van der Waals surface area contributed by atoms with Crippen LogP contribution in [0.2, 0.25) is 0 Å². The van der Waals surface area contributed by atoms with Gasteiger partial charge in [0.1, 0.15) is 4.90 Å². The van der Waals surface area contributed by atoms with E-state index in [0.717, 1.165) is 6.42 Å². The van der Waals surface area contributed by atoms with Crippen molar-refractivity contribution >= 4 is 10.0 Å². The molecule has 1 heterocycles. The Kier molecular flexibility index (Phi) is 6.60. The number of nitrogens with one attached hydrogen (secondary N) is 1. The van der Waals surface area contributed by atoms with E-state index in [0.29, 0.717) is 32.2 Å². The van der Waals surface area contributed by atoms with Crippen molar-refractivity contribution < 1.29 is 8.42 Å². The van der Waals surface area contributed by atoms with E-state index in [1.165, 1.54) is 12.4 Å². The van der Waals surface area contributed by atoms with Gasteiger partial charge in [-0.25, -0.2) is 13.1 Å². The van der Waals surface area contributed by atoms with Gasteiger partial charge in [0.2, 0.25) is 10.0 Å². The van der Waals surface area contributed by atoms with Crippen LogP contribution in [0.3, 0.4) is 0 Å². The molecule has 1 aromatic heterocycles. The molecule has 3 N–H and O–H groups in total. The highest BCUT2D eigenvalue weighted by Crippen LogP contribution is 2.07. The standard InChI is InChI=1S/C12H25N5O2S/c1-11(2)16(3)8-6-15-20(18,19)12-9-14-17(10-12)7-4-5-13/h9-11,15H,4-8,13H2,1-3H3. The van der Waals surface area contributed by atoms with Gasteiger partial charge < -0.3 is 10.6 Å². The summed E-state index contributed by atoms with van der Waals surface area (Å²) in [5.74, 6) is 0. The Labute approximate surface area is 121 Å². The molecular weight excluding hydrogens is 278 g/mol. The van der Waals surface area contributed by atoms with E-state index in [9.17, 15) is 8.42 Å². The van der Waals surface area contributed by atoms with Gasteiger partial charge in [0.15, 0.2) is 0 Å². The van der Waals surface area contributed by atoms with E-state index in [4.69, 9.17) is 5.73 Å². The molecule has 0 aliphatic rings. The van der Waals surface area contributed by atoms with E-state index >= 15 is 0 Å². The molecule has 0 radical (unpaired) electrons. The zero-order chi connectivity index (χ0) is 15.2. The van der Waals surface area contributed by atoms with Crippen LogP contribution in [0, 0.1) is 0 Å². The van der Waals surface area contributed by atoms with Crippen molar-refractivity contribution in [3.63, 3.8) is 0 Å². The second-order valence-corrected chi connectivity index (χ2v) is 6.82. The first-order valence-corrected chi connectivity index (χ1v) is 8.27. The van der Waals surface area contributed by atoms with Crippen molar-refractivity contribution in [2.45, 2.75) is 37.8 Å². The normalized spacial score (nSPS) is 12.5. The smallest absolute Gasteiger partial charge is 0.243 e. The van der Waals surface area contributed by atoms with Crippen LogP contribution in [-0.2, 0) is 16.6 Å². The van der Waals surface area contributed by atoms with E-state index in [1.54, 1.807) is 4.68 Å². The summed E-state index contributed by atoms with van der Waals surface area (Å²) >= 11 is 0. The first-order chi connectivity index (χ1) is 9.36. The summed E-state index contributed by atoms with van der Waals surface area (Å²) in [5.41, 5.74) is 5.41. The van der Waals surface area contributed by atoms with Crippen LogP contribution in [0.15, 0.2) is 17.3 Å². The number of nitrogens with zero attached hydrogens (tertiary/aromatic N) is 3. The fraction of sp³-hybridized carbons (Fsp3) is 0.750. The van der Waals surface area contributed by atoms with Crippen molar-refractivity contribution in [1.29, 1.82) is 0 Å². The second-order valence-electron chi connectivity index (χ2n) is 5.05. The van der Waals surface area contributed by atoms with Crippen molar-refractivity contribution in [1.82, 2.24) is 19.4 Å². The Morgan fingerprint density at radius 3 is 2.80 bits per heavy atom. The molecule has 0 unspecified atom stereocenters. The molecular formula is C12H25N5O2S. The number of likely N-dealkylation sites (N-methyl/N-ethyl adjacent to an activating group) is 1. The zero-order valence-electron chi connectivity index (χ0n) is 12.4. The molecule has 0 saturated carbocycles. The third-order valence-electron chi connectivity index (χ3n) is 3.15. The zero-order valence-corrected chi connectivity index (χ0v) is 13.2. The topological polar surface area (TPSA) is 93.2 Å². The predicted octanol–water partition coefficient (Wildman–Crippen LogP) is -0.150. The number of sulfonamides is 1. The van der Waals surface area contributed by atoms with Crippen molar-refractivity contribution in [3.05, 3.63) is 12.4 Å². The van der Waals surface area contributed by atoms with E-state index in [1.807, 2.05) is 7.05 Å². The van der Waals surface area contributed by atoms with Crippen LogP contribution in [0.5, 0.6) is 0 Å². The molecule has 20 heavy (non-hydrogen) atoms. The summed E-state index contributed by atoms with van der Waals surface area (Å²) < 4.78 is 28.3. The molecule has 0 fully saturated rings. The van der Waals surface area contributed by atoms with E-state index in [-0.39, 0.29) is 4.90 Å². The van der Waals surface area contributed by atoms with Gasteiger partial charge in [-0.1, -0.05) is 0 Å². The van der Waals surface area contributed by atoms with Gasteiger partial charge in [0, 0.05) is 31.9 Å². The van der Waals surface area contributed by atoms with Crippen molar-refractivity contribution in [2.75, 3.05) is 26.7 Å². The van der Waals surface area contributed by atoms with Gasteiger partial charge in [-0.3, -0.25) is 4.68 Å². The van der Waals surface area contributed by atoms with Crippen LogP contribution >= 0.6 is 0 Å². The van der Waals surface area contributed by atoms with E-state index in [2.05, 4.69) is 28.6 Å². The Hall–Kier alpha value is -0.960. The lowest BCUT2D eigenvalue weighted by Gasteiger charge is -2.20. The minimum atomic E-state index is -3.48. The molecule has 7 nitrogen and oxygen atoms in total. The first-order valence-electron chi connectivity index (χ1n) is 6.79. The molecule has 0 amide bonds. The average molecular weight is 303 g/mol. The number of nitrogens with two attached hydrogens (primary N) is 1. The van der Waals surface area contributed by atoms with Gasteiger partial charge in [0.25, 0.3) is 0 Å². The molecule has 1 rings (SSSR count). The quantitative estimate of drug-likeness (QED) is 0.662. The lowest BCUT2D eigenvalue weighted by Crippen LogP contribution is -2.36. The van der Waals surface area contributed by atoms with E-state index < -0.39 is 10.0 Å². The molecule has 0 spiro atoms. The monoisotopic (exact) mass is 303 g/mol. The number of aromatic nitrogens is 2. The highest BCUT2D eigenvalue weighted by atomic mass is 32.2. The van der Waals surface area contributed by atoms with Crippen LogP contribution in [0.25, 0.3) is 0 Å². The highest BCUT2D eigenvalue weighted by Gasteiger charge is 2.16. The molecule has 0 aromatic carbocycles. The Bertz CT molecular complexity index is 498. The maximum atomic E-state index is 12.1. The van der Waals surface area contributed by atoms with Gasteiger partial charge in [-0.05, 0) is 33.9 Å². The molecule has 116 valence electrons. The molecule has 0 saturated heterocycles. The number of rotatable bonds is 9. The van der Waals surface area contributed by atoms with Crippen LogP contribution in [0.4, 0.5) is 0 Å². The first kappa shape index (κ1) is 17.1. The van der Waals surface area contributed by atoms with Crippen molar-refractivity contribution in [2.24, 2.45) is 5.73 Å². The molecule has 1 aromatic rings. The largest absolute Gasteiger partial charge is 0.330 e. The van der Waals surface area contributed by atoms with Gasteiger partial charge >= 0.3 is 0 Å². The number of aryl methyl sites for hydroxylation is 1. The SMILES string of the molecule is CC(C)N(C)CCNS(=O)(=O)c1cnn(CCCN)c1. The summed E-state index contributed by atoms with van der Waals surface area (Å²) in [7, 11) is -1.51. The summed E-state index contributed by atoms with van der Waals surface area (Å²) in [6, 6.07) is 0.388. The highest BCUT2D eigenvalue weighted by molar-refractivity contribution is 7.89. The number of hydrogen-bond donors (Lipinski definition) is 2. The summed E-state index contributed by atoms with van der Waals surface area (Å²) in [6.07, 6.45) is 3.67. The third-order valence-corrected chi connectivity index (χ3v) is 4.56. The summed E-state index contributed by atoms with van der Waals surface area (Å²) in [5, 5.41) is 4.02. The second kappa shape index (κ2) is 7.72. The van der Waals surface area contributed by atoms with Gasteiger partial charge in [-0.2, -0.15) is 5.10 Å². The third kappa shape index (κ3) is 5.20. The fourth-order valence-electron chi connectivity index (χ4n) is 1.56. The molecule has 0 atom stereocenters. The van der Waals surface area contributed by atoms with Crippen LogP contribution in [0.1, 0.15) is 20.3 Å². The van der Waals surface area contributed by atoms with Crippen molar-refractivity contribution in [3.8, 4) is 0 Å². The fourth-order valence-corrected chi connectivity index (χ4v) is 2.53. The van der Waals surface area contributed by atoms with Gasteiger partial charge in [0.05, 0.1) is 6.20 Å². The molecule has 8 heteroatoms. The molecule has 0 aliphatic heterocycles. The van der Waals surface area contributed by atoms with Crippen LogP contribution < -0.4 is 10.5 Å². The predicted molar refractivity (Wildman–Crippen MR) is 78.9 cm³/mol. The maximum Gasteiger partial charge on any atom is 0.243 e.